The van der Waals surface area contributed by atoms with E-state index in [1.807, 2.05) is 24.3 Å². The van der Waals surface area contributed by atoms with E-state index >= 15 is 0 Å². The summed E-state index contributed by atoms with van der Waals surface area (Å²) in [5.74, 6) is 0.853. The Hall–Kier alpha value is -1.09. The van der Waals surface area contributed by atoms with Crippen molar-refractivity contribution in [3.8, 4) is 5.75 Å². The van der Waals surface area contributed by atoms with Gasteiger partial charge in [-0.25, -0.2) is 0 Å². The van der Waals surface area contributed by atoms with Gasteiger partial charge in [0.15, 0.2) is 0 Å². The Bertz CT molecular complexity index is 291. The SMILES string of the molecule is COc1cccc([C@@H](C)NCCCF)c1. The second-order valence-corrected chi connectivity index (χ2v) is 3.49. The molecule has 0 bridgehead atoms. The lowest BCUT2D eigenvalue weighted by atomic mass is 10.1. The minimum atomic E-state index is -0.266. The molecule has 1 N–H and O–H groups in total. The maximum absolute atomic E-state index is 11.9. The monoisotopic (exact) mass is 211 g/mol. The lowest BCUT2D eigenvalue weighted by Crippen LogP contribution is -2.20. The van der Waals surface area contributed by atoms with Gasteiger partial charge in [0.2, 0.25) is 0 Å². The maximum atomic E-state index is 11.9. The first-order valence-corrected chi connectivity index (χ1v) is 5.21. The summed E-state index contributed by atoms with van der Waals surface area (Å²) in [6.07, 6.45) is 0.564. The number of ether oxygens (including phenoxy) is 1. The molecule has 1 aromatic rings. The molecule has 0 unspecified atom stereocenters. The third-order valence-electron chi connectivity index (χ3n) is 2.35. The highest BCUT2D eigenvalue weighted by Crippen LogP contribution is 2.18. The highest BCUT2D eigenvalue weighted by atomic mass is 19.1. The molecule has 0 heterocycles. The third kappa shape index (κ3) is 3.88. The van der Waals surface area contributed by atoms with Crippen LogP contribution >= 0.6 is 0 Å². The quantitative estimate of drug-likeness (QED) is 0.730. The fraction of sp³-hybridized carbons (Fsp3) is 0.500. The zero-order valence-corrected chi connectivity index (χ0v) is 9.29. The Labute approximate surface area is 90.4 Å². The average Bonchev–Trinajstić information content (AvgIpc) is 2.29. The molecule has 1 atom stereocenters. The summed E-state index contributed by atoms with van der Waals surface area (Å²) >= 11 is 0. The molecule has 84 valence electrons. The van der Waals surface area contributed by atoms with Crippen LogP contribution in [0.1, 0.15) is 24.9 Å². The van der Waals surface area contributed by atoms with Crippen LogP contribution in [-0.4, -0.2) is 20.3 Å². The zero-order chi connectivity index (χ0) is 11.1. The van der Waals surface area contributed by atoms with Gasteiger partial charge in [0, 0.05) is 6.04 Å². The molecule has 0 amide bonds. The number of methoxy groups -OCH3 is 1. The second kappa shape index (κ2) is 6.40. The van der Waals surface area contributed by atoms with Gasteiger partial charge in [-0.05, 0) is 37.6 Å². The number of alkyl halides is 1. The molecule has 0 aliphatic heterocycles. The summed E-state index contributed by atoms with van der Waals surface area (Å²) in [7, 11) is 1.65. The molecule has 15 heavy (non-hydrogen) atoms. The van der Waals surface area contributed by atoms with E-state index in [2.05, 4.69) is 12.2 Å². The number of halogens is 1. The van der Waals surface area contributed by atoms with E-state index in [0.717, 1.165) is 11.3 Å². The van der Waals surface area contributed by atoms with Crippen molar-refractivity contribution in [1.82, 2.24) is 5.32 Å². The summed E-state index contributed by atoms with van der Waals surface area (Å²) in [5, 5.41) is 3.26. The molecule has 0 spiro atoms. The van der Waals surface area contributed by atoms with Gasteiger partial charge in [0.1, 0.15) is 5.75 Å². The van der Waals surface area contributed by atoms with Crippen molar-refractivity contribution >= 4 is 0 Å². The van der Waals surface area contributed by atoms with Gasteiger partial charge < -0.3 is 10.1 Å². The van der Waals surface area contributed by atoms with Gasteiger partial charge in [-0.15, -0.1) is 0 Å². The Morgan fingerprint density at radius 3 is 2.93 bits per heavy atom. The standard InChI is InChI=1S/C12H18FNO/c1-10(14-8-4-7-13)11-5-3-6-12(9-11)15-2/h3,5-6,9-10,14H,4,7-8H2,1-2H3/t10-/m1/s1. The van der Waals surface area contributed by atoms with Crippen LogP contribution in [0.3, 0.4) is 0 Å². The second-order valence-electron chi connectivity index (χ2n) is 3.49. The van der Waals surface area contributed by atoms with Crippen LogP contribution < -0.4 is 10.1 Å². The number of benzene rings is 1. The van der Waals surface area contributed by atoms with E-state index in [4.69, 9.17) is 4.74 Å². The van der Waals surface area contributed by atoms with Crippen LogP contribution in [0.2, 0.25) is 0 Å². The van der Waals surface area contributed by atoms with Crippen LogP contribution in [0.4, 0.5) is 4.39 Å². The first-order valence-electron chi connectivity index (χ1n) is 5.21. The Balaban J connectivity index is 2.52. The predicted molar refractivity (Wildman–Crippen MR) is 60.0 cm³/mol. The topological polar surface area (TPSA) is 21.3 Å². The Morgan fingerprint density at radius 1 is 1.47 bits per heavy atom. The van der Waals surface area contributed by atoms with E-state index in [-0.39, 0.29) is 12.7 Å². The maximum Gasteiger partial charge on any atom is 0.119 e. The van der Waals surface area contributed by atoms with Gasteiger partial charge in [0.25, 0.3) is 0 Å². The lowest BCUT2D eigenvalue weighted by molar-refractivity contribution is 0.412. The van der Waals surface area contributed by atoms with E-state index < -0.39 is 0 Å². The van der Waals surface area contributed by atoms with Crippen LogP contribution in [0.15, 0.2) is 24.3 Å². The summed E-state index contributed by atoms with van der Waals surface area (Å²) in [5.41, 5.74) is 1.16. The lowest BCUT2D eigenvalue weighted by Gasteiger charge is -2.14. The Morgan fingerprint density at radius 2 is 2.27 bits per heavy atom. The molecule has 0 aliphatic carbocycles. The van der Waals surface area contributed by atoms with E-state index in [0.29, 0.717) is 13.0 Å². The van der Waals surface area contributed by atoms with Gasteiger partial charge >= 0.3 is 0 Å². The van der Waals surface area contributed by atoms with Crippen molar-refractivity contribution in [3.05, 3.63) is 29.8 Å². The van der Waals surface area contributed by atoms with Crippen molar-refractivity contribution < 1.29 is 9.13 Å². The fourth-order valence-corrected chi connectivity index (χ4v) is 1.41. The largest absolute Gasteiger partial charge is 0.497 e. The third-order valence-corrected chi connectivity index (χ3v) is 2.35. The summed E-state index contributed by atoms with van der Waals surface area (Å²) in [6, 6.07) is 8.13. The molecular weight excluding hydrogens is 193 g/mol. The Kier molecular flexibility index (Phi) is 5.12. The molecule has 1 rings (SSSR count). The van der Waals surface area contributed by atoms with Crippen molar-refractivity contribution in [2.24, 2.45) is 0 Å². The van der Waals surface area contributed by atoms with Gasteiger partial charge in [0.05, 0.1) is 13.8 Å². The van der Waals surface area contributed by atoms with E-state index in [9.17, 15) is 4.39 Å². The average molecular weight is 211 g/mol. The molecule has 0 fully saturated rings. The molecule has 0 aromatic heterocycles. The smallest absolute Gasteiger partial charge is 0.119 e. The molecule has 0 saturated heterocycles. The number of hydrogen-bond acceptors (Lipinski definition) is 2. The van der Waals surface area contributed by atoms with Crippen molar-refractivity contribution in [2.45, 2.75) is 19.4 Å². The van der Waals surface area contributed by atoms with Gasteiger partial charge in [-0.3, -0.25) is 4.39 Å². The van der Waals surface area contributed by atoms with Crippen molar-refractivity contribution in [1.29, 1.82) is 0 Å². The highest BCUT2D eigenvalue weighted by Gasteiger charge is 2.04. The summed E-state index contributed by atoms with van der Waals surface area (Å²) in [4.78, 5) is 0. The van der Waals surface area contributed by atoms with Crippen molar-refractivity contribution in [3.63, 3.8) is 0 Å². The zero-order valence-electron chi connectivity index (χ0n) is 9.29. The van der Waals surface area contributed by atoms with Gasteiger partial charge in [-0.2, -0.15) is 0 Å². The van der Waals surface area contributed by atoms with E-state index in [1.165, 1.54) is 0 Å². The summed E-state index contributed by atoms with van der Waals surface area (Å²) in [6.45, 7) is 2.50. The predicted octanol–water partition coefficient (Wildman–Crippen LogP) is 2.71. The van der Waals surface area contributed by atoms with Crippen LogP contribution in [-0.2, 0) is 0 Å². The van der Waals surface area contributed by atoms with Crippen LogP contribution in [0.25, 0.3) is 0 Å². The molecule has 3 heteroatoms. The fourth-order valence-electron chi connectivity index (χ4n) is 1.41. The van der Waals surface area contributed by atoms with E-state index in [1.54, 1.807) is 7.11 Å². The molecule has 0 saturated carbocycles. The van der Waals surface area contributed by atoms with Gasteiger partial charge in [-0.1, -0.05) is 12.1 Å². The number of rotatable bonds is 6. The minimum absolute atomic E-state index is 0.228. The highest BCUT2D eigenvalue weighted by molar-refractivity contribution is 5.30. The van der Waals surface area contributed by atoms with Crippen LogP contribution in [0, 0.1) is 0 Å². The molecule has 2 nitrogen and oxygen atoms in total. The summed E-state index contributed by atoms with van der Waals surface area (Å²) < 4.78 is 17.0. The number of hydrogen-bond donors (Lipinski definition) is 1. The normalized spacial score (nSPS) is 12.5. The molecule has 1 aromatic carbocycles. The number of nitrogens with one attached hydrogen (secondary N) is 1. The minimum Gasteiger partial charge on any atom is -0.497 e. The molecular formula is C12H18FNO. The first kappa shape index (κ1) is 12.0. The molecule has 0 radical (unpaired) electrons. The first-order chi connectivity index (χ1) is 7.27. The molecule has 0 aliphatic rings. The van der Waals surface area contributed by atoms with Crippen LogP contribution in [0.5, 0.6) is 5.75 Å². The van der Waals surface area contributed by atoms with Crippen molar-refractivity contribution in [2.75, 3.05) is 20.3 Å².